The molecule has 0 aromatic heterocycles. The summed E-state index contributed by atoms with van der Waals surface area (Å²) >= 11 is 0. The zero-order valence-corrected chi connectivity index (χ0v) is 11.9. The maximum atomic E-state index is 3.75. The summed E-state index contributed by atoms with van der Waals surface area (Å²) in [6.45, 7) is 5.80. The van der Waals surface area contributed by atoms with Crippen LogP contribution in [0.5, 0.6) is 0 Å². The molecule has 0 bridgehead atoms. The summed E-state index contributed by atoms with van der Waals surface area (Å²) < 4.78 is 0. The van der Waals surface area contributed by atoms with Crippen molar-refractivity contribution in [2.75, 3.05) is 6.54 Å². The van der Waals surface area contributed by atoms with E-state index in [2.05, 4.69) is 19.2 Å². The number of hydrogen-bond acceptors (Lipinski definition) is 1. The van der Waals surface area contributed by atoms with Gasteiger partial charge in [-0.2, -0.15) is 0 Å². The molecule has 2 aliphatic rings. The lowest BCUT2D eigenvalue weighted by Crippen LogP contribution is -2.41. The molecule has 0 heterocycles. The van der Waals surface area contributed by atoms with Crippen molar-refractivity contribution in [2.45, 2.75) is 77.7 Å². The van der Waals surface area contributed by atoms with Gasteiger partial charge in [-0.25, -0.2) is 0 Å². The third-order valence-electron chi connectivity index (χ3n) is 5.25. The minimum absolute atomic E-state index is 0.836. The zero-order valence-electron chi connectivity index (χ0n) is 11.9. The summed E-state index contributed by atoms with van der Waals surface area (Å²) in [5.41, 5.74) is 0. The van der Waals surface area contributed by atoms with Crippen LogP contribution in [0.25, 0.3) is 0 Å². The Hall–Kier alpha value is -0.0400. The summed E-state index contributed by atoms with van der Waals surface area (Å²) in [5.74, 6) is 3.07. The Kier molecular flexibility index (Phi) is 5.34. The van der Waals surface area contributed by atoms with Gasteiger partial charge in [0.15, 0.2) is 0 Å². The van der Waals surface area contributed by atoms with E-state index in [1.165, 1.54) is 57.8 Å². The summed E-state index contributed by atoms with van der Waals surface area (Å²) in [7, 11) is 0. The second-order valence-corrected chi connectivity index (χ2v) is 6.40. The summed E-state index contributed by atoms with van der Waals surface area (Å²) in [4.78, 5) is 0. The van der Waals surface area contributed by atoms with Gasteiger partial charge in [0.2, 0.25) is 0 Å². The molecular formula is C16H31N. The first-order valence-corrected chi connectivity index (χ1v) is 8.06. The lowest BCUT2D eigenvalue weighted by Gasteiger charge is -2.37. The highest BCUT2D eigenvalue weighted by atomic mass is 14.9. The van der Waals surface area contributed by atoms with Gasteiger partial charge in [0.25, 0.3) is 0 Å². The predicted octanol–water partition coefficient (Wildman–Crippen LogP) is 4.37. The third kappa shape index (κ3) is 3.71. The highest BCUT2D eigenvalue weighted by Gasteiger charge is 2.31. The van der Waals surface area contributed by atoms with E-state index in [-0.39, 0.29) is 0 Å². The molecule has 0 saturated heterocycles. The Balaban J connectivity index is 1.87. The van der Waals surface area contributed by atoms with E-state index in [4.69, 9.17) is 0 Å². The molecule has 0 amide bonds. The average molecular weight is 237 g/mol. The van der Waals surface area contributed by atoms with Gasteiger partial charge in [-0.1, -0.05) is 46.0 Å². The average Bonchev–Trinajstić information content (AvgIpc) is 2.84. The van der Waals surface area contributed by atoms with Crippen LogP contribution in [0, 0.1) is 17.8 Å². The standard InChI is InChI=1S/C16H31N/c1-3-13-9-10-16(17-4-2)15(11-13)12-14-7-5-6-8-14/h13-17H,3-12H2,1-2H3. The summed E-state index contributed by atoms with van der Waals surface area (Å²) in [6, 6.07) is 0.836. The maximum Gasteiger partial charge on any atom is 0.00955 e. The first kappa shape index (κ1) is 13.4. The van der Waals surface area contributed by atoms with Crippen molar-refractivity contribution in [2.24, 2.45) is 17.8 Å². The van der Waals surface area contributed by atoms with Gasteiger partial charge >= 0.3 is 0 Å². The molecule has 1 N–H and O–H groups in total. The molecule has 2 fully saturated rings. The van der Waals surface area contributed by atoms with Crippen molar-refractivity contribution in [3.8, 4) is 0 Å². The molecule has 2 aliphatic carbocycles. The van der Waals surface area contributed by atoms with Gasteiger partial charge < -0.3 is 5.32 Å². The van der Waals surface area contributed by atoms with Gasteiger partial charge in [0.1, 0.15) is 0 Å². The van der Waals surface area contributed by atoms with Crippen LogP contribution in [0.15, 0.2) is 0 Å². The van der Waals surface area contributed by atoms with Crippen molar-refractivity contribution >= 4 is 0 Å². The van der Waals surface area contributed by atoms with Gasteiger partial charge in [0, 0.05) is 6.04 Å². The normalized spacial score (nSPS) is 35.3. The zero-order chi connectivity index (χ0) is 12.1. The lowest BCUT2D eigenvalue weighted by molar-refractivity contribution is 0.172. The first-order valence-electron chi connectivity index (χ1n) is 8.06. The van der Waals surface area contributed by atoms with E-state index in [1.807, 2.05) is 0 Å². The quantitative estimate of drug-likeness (QED) is 0.748. The van der Waals surface area contributed by atoms with Gasteiger partial charge in [-0.05, 0) is 50.0 Å². The molecule has 100 valence electrons. The monoisotopic (exact) mass is 237 g/mol. The van der Waals surface area contributed by atoms with E-state index >= 15 is 0 Å². The highest BCUT2D eigenvalue weighted by molar-refractivity contribution is 4.86. The van der Waals surface area contributed by atoms with Crippen molar-refractivity contribution in [1.29, 1.82) is 0 Å². The van der Waals surface area contributed by atoms with Crippen molar-refractivity contribution in [3.05, 3.63) is 0 Å². The topological polar surface area (TPSA) is 12.0 Å². The molecule has 1 nitrogen and oxygen atoms in total. The minimum atomic E-state index is 0.836. The molecule has 2 rings (SSSR count). The Morgan fingerprint density at radius 2 is 1.71 bits per heavy atom. The Bertz CT molecular complexity index is 208. The fourth-order valence-electron chi connectivity index (χ4n) is 4.20. The SMILES string of the molecule is CCNC1CCC(CC)CC1CC1CCCC1. The van der Waals surface area contributed by atoms with Gasteiger partial charge in [0.05, 0.1) is 0 Å². The molecule has 0 radical (unpaired) electrons. The Morgan fingerprint density at radius 1 is 0.941 bits per heavy atom. The maximum absolute atomic E-state index is 3.75. The van der Waals surface area contributed by atoms with Gasteiger partial charge in [-0.15, -0.1) is 0 Å². The van der Waals surface area contributed by atoms with E-state index in [9.17, 15) is 0 Å². The Morgan fingerprint density at radius 3 is 2.35 bits per heavy atom. The molecule has 0 spiro atoms. The smallest absolute Gasteiger partial charge is 0.00955 e. The summed E-state index contributed by atoms with van der Waals surface area (Å²) in [6.07, 6.45) is 13.4. The molecule has 1 heteroatoms. The van der Waals surface area contributed by atoms with Crippen molar-refractivity contribution in [3.63, 3.8) is 0 Å². The number of hydrogen-bond donors (Lipinski definition) is 1. The minimum Gasteiger partial charge on any atom is -0.314 e. The molecule has 17 heavy (non-hydrogen) atoms. The first-order chi connectivity index (χ1) is 8.33. The fourth-order valence-corrected chi connectivity index (χ4v) is 4.20. The second-order valence-electron chi connectivity index (χ2n) is 6.40. The highest BCUT2D eigenvalue weighted by Crippen LogP contribution is 2.38. The molecule has 0 aliphatic heterocycles. The third-order valence-corrected chi connectivity index (χ3v) is 5.25. The van der Waals surface area contributed by atoms with Crippen LogP contribution in [-0.4, -0.2) is 12.6 Å². The van der Waals surface area contributed by atoms with Crippen LogP contribution >= 0.6 is 0 Å². The molecular weight excluding hydrogens is 206 g/mol. The molecule has 0 aromatic carbocycles. The fraction of sp³-hybridized carbons (Fsp3) is 1.00. The van der Waals surface area contributed by atoms with Crippen LogP contribution in [0.4, 0.5) is 0 Å². The van der Waals surface area contributed by atoms with Gasteiger partial charge in [-0.3, -0.25) is 0 Å². The van der Waals surface area contributed by atoms with Crippen molar-refractivity contribution < 1.29 is 0 Å². The summed E-state index contributed by atoms with van der Waals surface area (Å²) in [5, 5.41) is 3.75. The van der Waals surface area contributed by atoms with Crippen LogP contribution in [-0.2, 0) is 0 Å². The molecule has 0 aromatic rings. The number of rotatable bonds is 5. The van der Waals surface area contributed by atoms with E-state index in [0.717, 1.165) is 30.3 Å². The second kappa shape index (κ2) is 6.78. The van der Waals surface area contributed by atoms with Crippen molar-refractivity contribution in [1.82, 2.24) is 5.32 Å². The van der Waals surface area contributed by atoms with Crippen LogP contribution < -0.4 is 5.32 Å². The van der Waals surface area contributed by atoms with Crippen LogP contribution in [0.1, 0.15) is 71.6 Å². The number of nitrogens with one attached hydrogen (secondary N) is 1. The molecule has 2 saturated carbocycles. The molecule has 3 atom stereocenters. The Labute approximate surface area is 108 Å². The van der Waals surface area contributed by atoms with E-state index < -0.39 is 0 Å². The largest absolute Gasteiger partial charge is 0.314 e. The van der Waals surface area contributed by atoms with Crippen LogP contribution in [0.3, 0.4) is 0 Å². The van der Waals surface area contributed by atoms with E-state index in [0.29, 0.717) is 0 Å². The molecule has 3 unspecified atom stereocenters. The predicted molar refractivity (Wildman–Crippen MR) is 75.2 cm³/mol. The van der Waals surface area contributed by atoms with E-state index in [1.54, 1.807) is 0 Å². The lowest BCUT2D eigenvalue weighted by atomic mass is 9.73. The van der Waals surface area contributed by atoms with Crippen LogP contribution in [0.2, 0.25) is 0 Å².